The molecule has 1 aromatic heterocycles. The lowest BCUT2D eigenvalue weighted by Crippen LogP contribution is -2.14. The van der Waals surface area contributed by atoms with Crippen molar-refractivity contribution < 1.29 is 19.1 Å². The lowest BCUT2D eigenvalue weighted by atomic mass is 10.1. The van der Waals surface area contributed by atoms with Crippen molar-refractivity contribution in [1.82, 2.24) is 4.98 Å². The van der Waals surface area contributed by atoms with Gasteiger partial charge in [-0.25, -0.2) is 4.79 Å². The van der Waals surface area contributed by atoms with Crippen LogP contribution in [0.5, 0.6) is 0 Å². The monoisotopic (exact) mass is 364 g/mol. The average molecular weight is 365 g/mol. The molecule has 0 radical (unpaired) electrons. The number of halogens is 1. The van der Waals surface area contributed by atoms with E-state index in [1.54, 1.807) is 36.5 Å². The number of anilines is 1. The van der Waals surface area contributed by atoms with Gasteiger partial charge in [-0.3, -0.25) is 9.59 Å². The predicted octanol–water partition coefficient (Wildman–Crippen LogP) is 2.78. The van der Waals surface area contributed by atoms with E-state index in [1.165, 1.54) is 6.92 Å². The molecule has 22 heavy (non-hydrogen) atoms. The van der Waals surface area contributed by atoms with Crippen molar-refractivity contribution in [3.05, 3.63) is 52.3 Å². The minimum Gasteiger partial charge on any atom is -0.453 e. The number of ether oxygens (including phenoxy) is 1. The number of nitrogens with one attached hydrogen (secondary N) is 2. The topological polar surface area (TPSA) is 88.3 Å². The minimum atomic E-state index is -0.603. The summed E-state index contributed by atoms with van der Waals surface area (Å²) in [6.45, 7) is 1.05. The van der Waals surface area contributed by atoms with Crippen molar-refractivity contribution >= 4 is 39.3 Å². The first-order valence-corrected chi connectivity index (χ1v) is 7.17. The number of ketones is 1. The van der Waals surface area contributed by atoms with Gasteiger partial charge in [0.2, 0.25) is 5.91 Å². The zero-order valence-electron chi connectivity index (χ0n) is 11.7. The normalized spacial score (nSPS) is 10.1. The van der Waals surface area contributed by atoms with Crippen molar-refractivity contribution in [2.45, 2.75) is 6.92 Å². The number of hydrogen-bond donors (Lipinski definition) is 2. The molecular formula is C15H13BrN2O4. The van der Waals surface area contributed by atoms with E-state index in [1.807, 2.05) is 0 Å². The summed E-state index contributed by atoms with van der Waals surface area (Å²) in [6.07, 6.45) is 1.60. The molecule has 0 spiro atoms. The standard InChI is InChI=1S/C15H13BrN2O4/c1-9(19)18-12-4-2-10(3-5-12)14(20)8-22-15(21)13-6-11(16)7-17-13/h2-7,17H,8H2,1H3,(H,18,19). The maximum Gasteiger partial charge on any atom is 0.355 e. The zero-order chi connectivity index (χ0) is 16.1. The molecule has 0 saturated heterocycles. The number of aromatic nitrogens is 1. The Morgan fingerprint density at radius 3 is 2.45 bits per heavy atom. The lowest BCUT2D eigenvalue weighted by molar-refractivity contribution is -0.114. The van der Waals surface area contributed by atoms with Gasteiger partial charge in [-0.05, 0) is 46.3 Å². The van der Waals surface area contributed by atoms with Crippen LogP contribution in [0.25, 0.3) is 0 Å². The molecule has 114 valence electrons. The third kappa shape index (κ3) is 4.29. The van der Waals surface area contributed by atoms with Gasteiger partial charge in [0.05, 0.1) is 0 Å². The Morgan fingerprint density at radius 2 is 1.91 bits per heavy atom. The fourth-order valence-corrected chi connectivity index (χ4v) is 2.06. The number of hydrogen-bond acceptors (Lipinski definition) is 4. The van der Waals surface area contributed by atoms with E-state index in [-0.39, 0.29) is 24.0 Å². The number of amides is 1. The van der Waals surface area contributed by atoms with Gasteiger partial charge in [0.15, 0.2) is 12.4 Å². The number of esters is 1. The molecule has 2 aromatic rings. The van der Waals surface area contributed by atoms with E-state index in [0.717, 1.165) is 4.47 Å². The zero-order valence-corrected chi connectivity index (χ0v) is 13.3. The van der Waals surface area contributed by atoms with Gasteiger partial charge >= 0.3 is 5.97 Å². The van der Waals surface area contributed by atoms with E-state index in [2.05, 4.69) is 26.2 Å². The molecule has 1 amide bonds. The van der Waals surface area contributed by atoms with Crippen LogP contribution in [0.1, 0.15) is 27.8 Å². The molecule has 2 N–H and O–H groups in total. The first-order valence-electron chi connectivity index (χ1n) is 6.37. The summed E-state index contributed by atoms with van der Waals surface area (Å²) < 4.78 is 5.66. The second-order valence-electron chi connectivity index (χ2n) is 4.49. The summed E-state index contributed by atoms with van der Waals surface area (Å²) in [5, 5.41) is 2.60. The number of rotatable bonds is 5. The van der Waals surface area contributed by atoms with Crippen LogP contribution in [0.2, 0.25) is 0 Å². The Labute approximate surface area is 135 Å². The second kappa shape index (κ2) is 7.04. The fraction of sp³-hybridized carbons (Fsp3) is 0.133. The third-order valence-corrected chi connectivity index (χ3v) is 3.19. The Morgan fingerprint density at radius 1 is 1.23 bits per heavy atom. The molecule has 1 aromatic carbocycles. The molecule has 0 aliphatic carbocycles. The molecule has 7 heteroatoms. The third-order valence-electron chi connectivity index (χ3n) is 2.73. The Bertz CT molecular complexity index is 707. The van der Waals surface area contributed by atoms with E-state index in [4.69, 9.17) is 4.74 Å². The summed E-state index contributed by atoms with van der Waals surface area (Å²) in [5.41, 5.74) is 1.26. The van der Waals surface area contributed by atoms with Gasteiger partial charge in [0, 0.05) is 28.8 Å². The maximum atomic E-state index is 11.9. The van der Waals surface area contributed by atoms with Crippen molar-refractivity contribution in [2.24, 2.45) is 0 Å². The first-order chi connectivity index (χ1) is 10.5. The molecule has 6 nitrogen and oxygen atoms in total. The number of carbonyl (C=O) groups excluding carboxylic acids is 3. The van der Waals surface area contributed by atoms with Crippen LogP contribution in [0, 0.1) is 0 Å². The Kier molecular flexibility index (Phi) is 5.11. The number of benzene rings is 1. The molecular weight excluding hydrogens is 352 g/mol. The SMILES string of the molecule is CC(=O)Nc1ccc(C(=O)COC(=O)c2cc(Br)c[nH]2)cc1. The molecule has 1 heterocycles. The highest BCUT2D eigenvalue weighted by molar-refractivity contribution is 9.10. The number of aromatic amines is 1. The highest BCUT2D eigenvalue weighted by Crippen LogP contribution is 2.13. The van der Waals surface area contributed by atoms with E-state index >= 15 is 0 Å². The molecule has 0 unspecified atom stereocenters. The molecule has 0 atom stereocenters. The predicted molar refractivity (Wildman–Crippen MR) is 83.9 cm³/mol. The van der Waals surface area contributed by atoms with Gasteiger partial charge in [-0.1, -0.05) is 0 Å². The van der Waals surface area contributed by atoms with Crippen LogP contribution in [-0.4, -0.2) is 29.3 Å². The Hall–Kier alpha value is -2.41. The molecule has 0 saturated carbocycles. The van der Waals surface area contributed by atoms with E-state index < -0.39 is 5.97 Å². The molecule has 2 rings (SSSR count). The highest BCUT2D eigenvalue weighted by atomic mass is 79.9. The van der Waals surface area contributed by atoms with Crippen molar-refractivity contribution in [3.8, 4) is 0 Å². The van der Waals surface area contributed by atoms with Crippen LogP contribution in [0.4, 0.5) is 5.69 Å². The minimum absolute atomic E-state index is 0.190. The van der Waals surface area contributed by atoms with Crippen molar-refractivity contribution in [1.29, 1.82) is 0 Å². The van der Waals surface area contributed by atoms with E-state index in [0.29, 0.717) is 11.3 Å². The van der Waals surface area contributed by atoms with Gasteiger partial charge in [0.25, 0.3) is 0 Å². The number of carbonyl (C=O) groups is 3. The summed E-state index contributed by atoms with van der Waals surface area (Å²) in [4.78, 5) is 37.3. The summed E-state index contributed by atoms with van der Waals surface area (Å²) in [6, 6.07) is 7.91. The summed E-state index contributed by atoms with van der Waals surface area (Å²) in [5.74, 6) is -1.12. The molecule has 0 fully saturated rings. The van der Waals surface area contributed by atoms with Crippen LogP contribution in [-0.2, 0) is 9.53 Å². The van der Waals surface area contributed by atoms with Crippen LogP contribution < -0.4 is 5.32 Å². The molecule has 0 bridgehead atoms. The number of H-pyrrole nitrogens is 1. The summed E-state index contributed by atoms with van der Waals surface area (Å²) in [7, 11) is 0. The summed E-state index contributed by atoms with van der Waals surface area (Å²) >= 11 is 3.20. The van der Waals surface area contributed by atoms with Gasteiger partial charge < -0.3 is 15.0 Å². The van der Waals surface area contributed by atoms with Crippen LogP contribution >= 0.6 is 15.9 Å². The highest BCUT2D eigenvalue weighted by Gasteiger charge is 2.13. The first kappa shape index (κ1) is 16.0. The fourth-order valence-electron chi connectivity index (χ4n) is 1.72. The van der Waals surface area contributed by atoms with Crippen molar-refractivity contribution in [2.75, 3.05) is 11.9 Å². The second-order valence-corrected chi connectivity index (χ2v) is 5.41. The smallest absolute Gasteiger partial charge is 0.355 e. The van der Waals surface area contributed by atoms with Crippen molar-refractivity contribution in [3.63, 3.8) is 0 Å². The average Bonchev–Trinajstić information content (AvgIpc) is 2.91. The van der Waals surface area contributed by atoms with Crippen LogP contribution in [0.15, 0.2) is 41.0 Å². The van der Waals surface area contributed by atoms with Crippen LogP contribution in [0.3, 0.4) is 0 Å². The van der Waals surface area contributed by atoms with Gasteiger partial charge in [-0.2, -0.15) is 0 Å². The van der Waals surface area contributed by atoms with E-state index in [9.17, 15) is 14.4 Å². The molecule has 0 aliphatic heterocycles. The largest absolute Gasteiger partial charge is 0.453 e. The quantitative estimate of drug-likeness (QED) is 0.630. The van der Waals surface area contributed by atoms with Gasteiger partial charge in [0.1, 0.15) is 5.69 Å². The maximum absolute atomic E-state index is 11.9. The Balaban J connectivity index is 1.92. The van der Waals surface area contributed by atoms with Gasteiger partial charge in [-0.15, -0.1) is 0 Å². The number of Topliss-reactive ketones (excluding diaryl/α,β-unsaturated/α-hetero) is 1. The lowest BCUT2D eigenvalue weighted by Gasteiger charge is -2.05. The molecule has 0 aliphatic rings.